The van der Waals surface area contributed by atoms with Gasteiger partial charge in [0.1, 0.15) is 0 Å². The van der Waals surface area contributed by atoms with E-state index in [-0.39, 0.29) is 0 Å². The number of aromatic nitrogens is 1. The number of nitrogens with two attached hydrogens (primary N) is 1. The predicted molar refractivity (Wildman–Crippen MR) is 76.9 cm³/mol. The van der Waals surface area contributed by atoms with Crippen LogP contribution in [-0.4, -0.2) is 10.8 Å². The summed E-state index contributed by atoms with van der Waals surface area (Å²) < 4.78 is 2.33. The van der Waals surface area contributed by atoms with Gasteiger partial charge >= 0.3 is 0 Å². The third-order valence-corrected chi connectivity index (χ3v) is 3.34. The number of rotatable bonds is 2. The zero-order valence-electron chi connectivity index (χ0n) is 10.3. The van der Waals surface area contributed by atoms with E-state index in [1.807, 2.05) is 6.07 Å². The minimum absolute atomic E-state index is 0.967. The van der Waals surface area contributed by atoms with E-state index >= 15 is 0 Å². The van der Waals surface area contributed by atoms with Crippen molar-refractivity contribution < 1.29 is 0 Å². The monoisotopic (exact) mass is 237 g/mol. The van der Waals surface area contributed by atoms with Crippen LogP contribution < -0.4 is 5.84 Å². The third-order valence-electron chi connectivity index (χ3n) is 3.34. The molecule has 0 amide bonds. The third kappa shape index (κ3) is 1.48. The first-order valence-electron chi connectivity index (χ1n) is 6.09. The van der Waals surface area contributed by atoms with Crippen molar-refractivity contribution in [3.63, 3.8) is 0 Å². The summed E-state index contributed by atoms with van der Waals surface area (Å²) >= 11 is 0. The molecule has 3 rings (SSSR count). The van der Waals surface area contributed by atoms with Crippen LogP contribution in [0.25, 0.3) is 21.8 Å². The molecule has 0 saturated carbocycles. The summed E-state index contributed by atoms with van der Waals surface area (Å²) in [5.41, 5.74) is 3.56. The van der Waals surface area contributed by atoms with Crippen LogP contribution in [0.1, 0.15) is 12.5 Å². The zero-order chi connectivity index (χ0) is 12.5. The van der Waals surface area contributed by atoms with Crippen LogP contribution in [-0.2, 0) is 6.54 Å². The van der Waals surface area contributed by atoms with E-state index in [1.54, 1.807) is 6.21 Å². The molecule has 18 heavy (non-hydrogen) atoms. The van der Waals surface area contributed by atoms with Gasteiger partial charge in [-0.05, 0) is 30.7 Å². The number of fused-ring (bicyclic) bond motifs is 3. The minimum Gasteiger partial charge on any atom is -0.341 e. The number of nitrogens with zero attached hydrogens (tertiary/aromatic N) is 2. The highest BCUT2D eigenvalue weighted by Crippen LogP contribution is 2.29. The van der Waals surface area contributed by atoms with E-state index in [2.05, 4.69) is 53.0 Å². The summed E-state index contributed by atoms with van der Waals surface area (Å²) in [5.74, 6) is 5.21. The average Bonchev–Trinajstić information content (AvgIpc) is 2.72. The van der Waals surface area contributed by atoms with Crippen molar-refractivity contribution in [3.05, 3.63) is 48.0 Å². The fourth-order valence-corrected chi connectivity index (χ4v) is 2.58. The Kier molecular flexibility index (Phi) is 2.52. The summed E-state index contributed by atoms with van der Waals surface area (Å²) in [6, 6.07) is 14.8. The molecule has 0 aliphatic carbocycles. The Morgan fingerprint density at radius 3 is 2.67 bits per heavy atom. The fraction of sp³-hybridized carbons (Fsp3) is 0.133. The molecule has 0 spiro atoms. The maximum Gasteiger partial charge on any atom is 0.0538 e. The summed E-state index contributed by atoms with van der Waals surface area (Å²) in [6.45, 7) is 3.13. The van der Waals surface area contributed by atoms with Crippen LogP contribution in [0.5, 0.6) is 0 Å². The van der Waals surface area contributed by atoms with E-state index in [0.29, 0.717) is 0 Å². The Bertz CT molecular complexity index is 738. The van der Waals surface area contributed by atoms with Gasteiger partial charge in [0.05, 0.1) is 6.21 Å². The molecule has 0 atom stereocenters. The first kappa shape index (κ1) is 10.8. The van der Waals surface area contributed by atoms with Crippen LogP contribution in [0.2, 0.25) is 0 Å². The second kappa shape index (κ2) is 4.18. The number of benzene rings is 2. The molecule has 3 aromatic rings. The lowest BCUT2D eigenvalue weighted by atomic mass is 10.1. The molecule has 3 heteroatoms. The van der Waals surface area contributed by atoms with Crippen molar-refractivity contribution in [2.75, 3.05) is 0 Å². The Balaban J connectivity index is 2.44. The number of aryl methyl sites for hydroxylation is 1. The molecular formula is C15H15N3. The molecule has 0 aliphatic heterocycles. The van der Waals surface area contributed by atoms with Gasteiger partial charge in [0.15, 0.2) is 0 Å². The molecule has 3 nitrogen and oxygen atoms in total. The molecule has 0 bridgehead atoms. The zero-order valence-corrected chi connectivity index (χ0v) is 10.3. The van der Waals surface area contributed by atoms with E-state index in [1.165, 1.54) is 21.8 Å². The van der Waals surface area contributed by atoms with Crippen molar-refractivity contribution >= 4 is 28.0 Å². The molecule has 0 radical (unpaired) electrons. The first-order chi connectivity index (χ1) is 8.85. The summed E-state index contributed by atoms with van der Waals surface area (Å²) in [5, 5.41) is 6.12. The van der Waals surface area contributed by atoms with Crippen LogP contribution in [0.15, 0.2) is 47.6 Å². The van der Waals surface area contributed by atoms with E-state index in [9.17, 15) is 0 Å². The van der Waals surface area contributed by atoms with Crippen molar-refractivity contribution in [2.24, 2.45) is 10.9 Å². The quantitative estimate of drug-likeness (QED) is 0.415. The van der Waals surface area contributed by atoms with Gasteiger partial charge < -0.3 is 10.4 Å². The molecule has 1 heterocycles. The summed E-state index contributed by atoms with van der Waals surface area (Å²) in [7, 11) is 0. The van der Waals surface area contributed by atoms with Crippen molar-refractivity contribution in [1.29, 1.82) is 0 Å². The number of hydrogen-bond donors (Lipinski definition) is 1. The van der Waals surface area contributed by atoms with E-state index in [0.717, 1.165) is 12.1 Å². The van der Waals surface area contributed by atoms with Crippen LogP contribution >= 0.6 is 0 Å². The molecule has 2 aromatic carbocycles. The predicted octanol–water partition coefficient (Wildman–Crippen LogP) is 3.11. The average molecular weight is 237 g/mol. The van der Waals surface area contributed by atoms with Crippen molar-refractivity contribution in [1.82, 2.24) is 4.57 Å². The van der Waals surface area contributed by atoms with Crippen LogP contribution in [0, 0.1) is 0 Å². The Hall–Kier alpha value is -2.29. The Labute approximate surface area is 106 Å². The lowest BCUT2D eigenvalue weighted by Crippen LogP contribution is -1.93. The molecule has 0 aliphatic rings. The highest BCUT2D eigenvalue weighted by atomic mass is 15.1. The van der Waals surface area contributed by atoms with E-state index < -0.39 is 0 Å². The molecule has 0 saturated heterocycles. The highest BCUT2D eigenvalue weighted by Gasteiger charge is 2.08. The van der Waals surface area contributed by atoms with Gasteiger partial charge in [-0.3, -0.25) is 0 Å². The number of hydrazone groups is 1. The second-order valence-corrected chi connectivity index (χ2v) is 4.32. The normalized spacial score (nSPS) is 11.8. The molecular weight excluding hydrogens is 222 g/mol. The maximum atomic E-state index is 5.21. The molecule has 0 fully saturated rings. The highest BCUT2D eigenvalue weighted by molar-refractivity contribution is 6.09. The summed E-state index contributed by atoms with van der Waals surface area (Å²) in [4.78, 5) is 0. The smallest absolute Gasteiger partial charge is 0.0538 e. The lowest BCUT2D eigenvalue weighted by molar-refractivity contribution is 0.827. The van der Waals surface area contributed by atoms with Crippen LogP contribution in [0.4, 0.5) is 0 Å². The van der Waals surface area contributed by atoms with Gasteiger partial charge in [-0.15, -0.1) is 0 Å². The Morgan fingerprint density at radius 1 is 1.11 bits per heavy atom. The topological polar surface area (TPSA) is 43.3 Å². The first-order valence-corrected chi connectivity index (χ1v) is 6.09. The molecule has 0 unspecified atom stereocenters. The Morgan fingerprint density at radius 2 is 1.89 bits per heavy atom. The van der Waals surface area contributed by atoms with Crippen LogP contribution in [0.3, 0.4) is 0 Å². The van der Waals surface area contributed by atoms with Gasteiger partial charge in [-0.2, -0.15) is 5.10 Å². The molecule has 2 N–H and O–H groups in total. The minimum atomic E-state index is 0.967. The van der Waals surface area contributed by atoms with Gasteiger partial charge in [0.2, 0.25) is 0 Å². The van der Waals surface area contributed by atoms with Gasteiger partial charge in [-0.1, -0.05) is 24.3 Å². The van der Waals surface area contributed by atoms with Crippen molar-refractivity contribution in [3.8, 4) is 0 Å². The molecule has 90 valence electrons. The standard InChI is InChI=1S/C15H15N3/c1-2-18-14-6-4-3-5-12(14)13-9-11(10-17-16)7-8-15(13)18/h3-10H,2,16H2,1H3. The number of hydrogen-bond acceptors (Lipinski definition) is 2. The van der Waals surface area contributed by atoms with Gasteiger partial charge in [-0.25, -0.2) is 0 Å². The van der Waals surface area contributed by atoms with Gasteiger partial charge in [0.25, 0.3) is 0 Å². The molecule has 1 aromatic heterocycles. The van der Waals surface area contributed by atoms with Crippen molar-refractivity contribution in [2.45, 2.75) is 13.5 Å². The van der Waals surface area contributed by atoms with E-state index in [4.69, 9.17) is 5.84 Å². The number of para-hydroxylation sites is 1. The SMILES string of the molecule is CCn1c2ccccc2c2cc(C=NN)ccc21. The summed E-state index contributed by atoms with van der Waals surface area (Å²) in [6.07, 6.45) is 1.68. The van der Waals surface area contributed by atoms with Gasteiger partial charge in [0, 0.05) is 28.4 Å². The largest absolute Gasteiger partial charge is 0.341 e. The maximum absolute atomic E-state index is 5.21. The second-order valence-electron chi connectivity index (χ2n) is 4.32. The fourth-order valence-electron chi connectivity index (χ4n) is 2.58. The lowest BCUT2D eigenvalue weighted by Gasteiger charge is -2.02.